The first-order valence-corrected chi connectivity index (χ1v) is 23.7. The van der Waals surface area contributed by atoms with E-state index in [0.29, 0.717) is 19.3 Å². The van der Waals surface area contributed by atoms with Crippen LogP contribution in [0.3, 0.4) is 0 Å². The first-order valence-electron chi connectivity index (χ1n) is 23.7. The summed E-state index contributed by atoms with van der Waals surface area (Å²) in [5.74, 6) is 0.802. The summed E-state index contributed by atoms with van der Waals surface area (Å²) >= 11 is 0. The van der Waals surface area contributed by atoms with Crippen molar-refractivity contribution in [1.82, 2.24) is 0 Å². The van der Waals surface area contributed by atoms with Crippen molar-refractivity contribution in [3.8, 4) is 0 Å². The smallest absolute Gasteiger partial charge is 0.306 e. The summed E-state index contributed by atoms with van der Waals surface area (Å²) in [6, 6.07) is 0. The van der Waals surface area contributed by atoms with Crippen molar-refractivity contribution in [2.24, 2.45) is 11.8 Å². The highest BCUT2D eigenvalue weighted by Gasteiger charge is 2.19. The van der Waals surface area contributed by atoms with Gasteiger partial charge in [-0.15, -0.1) is 0 Å². The first-order chi connectivity index (χ1) is 26.2. The Balaban J connectivity index is 4.15. The van der Waals surface area contributed by atoms with Crippen LogP contribution in [0.4, 0.5) is 0 Å². The van der Waals surface area contributed by atoms with E-state index in [-0.39, 0.29) is 31.1 Å². The maximum atomic E-state index is 12.7. The van der Waals surface area contributed by atoms with Gasteiger partial charge in [-0.25, -0.2) is 0 Å². The Hall–Kier alpha value is -1.59. The Labute approximate surface area is 336 Å². The zero-order chi connectivity index (χ0) is 39.7. The second kappa shape index (κ2) is 41.1. The number of ether oxygens (including phenoxy) is 3. The van der Waals surface area contributed by atoms with Crippen LogP contribution in [0.1, 0.15) is 259 Å². The zero-order valence-corrected chi connectivity index (χ0v) is 36.8. The van der Waals surface area contributed by atoms with Crippen molar-refractivity contribution in [1.29, 1.82) is 0 Å². The molecule has 0 aliphatic rings. The summed E-state index contributed by atoms with van der Waals surface area (Å²) in [4.78, 5) is 37.5. The Bertz CT molecular complexity index is 824. The molecular formula is C48H92O6. The van der Waals surface area contributed by atoms with E-state index in [1.54, 1.807) is 0 Å². The van der Waals surface area contributed by atoms with Gasteiger partial charge >= 0.3 is 17.9 Å². The number of rotatable bonds is 42. The van der Waals surface area contributed by atoms with Crippen LogP contribution < -0.4 is 0 Å². The zero-order valence-electron chi connectivity index (χ0n) is 36.8. The molecule has 0 bridgehead atoms. The van der Waals surface area contributed by atoms with Crippen molar-refractivity contribution < 1.29 is 28.6 Å². The summed E-state index contributed by atoms with van der Waals surface area (Å²) in [6.07, 6.45) is 39.8. The average Bonchev–Trinajstić information content (AvgIpc) is 3.14. The number of hydrogen-bond acceptors (Lipinski definition) is 6. The molecule has 6 nitrogen and oxygen atoms in total. The lowest BCUT2D eigenvalue weighted by Crippen LogP contribution is -2.30. The van der Waals surface area contributed by atoms with E-state index in [4.69, 9.17) is 14.2 Å². The predicted molar refractivity (Wildman–Crippen MR) is 229 cm³/mol. The van der Waals surface area contributed by atoms with Crippen molar-refractivity contribution in [3.63, 3.8) is 0 Å². The minimum atomic E-state index is -0.759. The molecule has 0 amide bonds. The summed E-state index contributed by atoms with van der Waals surface area (Å²) in [7, 11) is 0. The molecular weight excluding hydrogens is 673 g/mol. The molecule has 0 radical (unpaired) electrons. The van der Waals surface area contributed by atoms with Gasteiger partial charge in [0.2, 0.25) is 0 Å². The third-order valence-corrected chi connectivity index (χ3v) is 10.7. The van der Waals surface area contributed by atoms with Crippen LogP contribution >= 0.6 is 0 Å². The highest BCUT2D eigenvalue weighted by Crippen LogP contribution is 2.17. The maximum absolute atomic E-state index is 12.7. The molecule has 0 aliphatic carbocycles. The van der Waals surface area contributed by atoms with Crippen LogP contribution in [-0.2, 0) is 28.6 Å². The van der Waals surface area contributed by atoms with Crippen LogP contribution in [0.5, 0.6) is 0 Å². The first kappa shape index (κ1) is 52.4. The third kappa shape index (κ3) is 41.6. The normalized spacial score (nSPS) is 12.1. The fraction of sp³-hybridized carbons (Fsp3) is 0.938. The Kier molecular flexibility index (Phi) is 39.8. The molecule has 0 heterocycles. The fourth-order valence-corrected chi connectivity index (χ4v) is 7.11. The van der Waals surface area contributed by atoms with Gasteiger partial charge in [-0.1, -0.05) is 221 Å². The SMILES string of the molecule is CCCCCCCC(=O)OC[C@H](COC(=O)CCCCCCCCCCCCCCCCC(C)C)OC(=O)CCCCCCCCCCCCCC(C)C. The van der Waals surface area contributed by atoms with E-state index in [0.717, 1.165) is 76.0 Å². The van der Waals surface area contributed by atoms with Gasteiger partial charge in [-0.05, 0) is 31.1 Å². The summed E-state index contributed by atoms with van der Waals surface area (Å²) in [6.45, 7) is 11.3. The van der Waals surface area contributed by atoms with Gasteiger partial charge in [-0.2, -0.15) is 0 Å². The molecule has 320 valence electrons. The van der Waals surface area contributed by atoms with E-state index in [1.807, 2.05) is 0 Å². The molecule has 0 unspecified atom stereocenters. The number of carbonyl (C=O) groups excluding carboxylic acids is 3. The molecule has 0 aromatic carbocycles. The molecule has 1 atom stereocenters. The van der Waals surface area contributed by atoms with Crippen LogP contribution in [0, 0.1) is 11.8 Å². The van der Waals surface area contributed by atoms with Crippen molar-refractivity contribution in [2.75, 3.05) is 13.2 Å². The molecule has 0 aromatic heterocycles. The topological polar surface area (TPSA) is 78.9 Å². The van der Waals surface area contributed by atoms with Gasteiger partial charge in [-0.3, -0.25) is 14.4 Å². The van der Waals surface area contributed by atoms with Gasteiger partial charge in [0.1, 0.15) is 13.2 Å². The lowest BCUT2D eigenvalue weighted by atomic mass is 10.0. The van der Waals surface area contributed by atoms with Crippen LogP contribution in [0.15, 0.2) is 0 Å². The summed E-state index contributed by atoms with van der Waals surface area (Å²) in [5, 5.41) is 0. The molecule has 54 heavy (non-hydrogen) atoms. The second-order valence-electron chi connectivity index (χ2n) is 17.3. The van der Waals surface area contributed by atoms with Crippen LogP contribution in [0.2, 0.25) is 0 Å². The molecule has 0 spiro atoms. The minimum Gasteiger partial charge on any atom is -0.462 e. The lowest BCUT2D eigenvalue weighted by Gasteiger charge is -2.18. The molecule has 0 aliphatic heterocycles. The summed E-state index contributed by atoms with van der Waals surface area (Å²) < 4.78 is 16.6. The van der Waals surface area contributed by atoms with Gasteiger partial charge in [0.25, 0.3) is 0 Å². The molecule has 0 rings (SSSR count). The predicted octanol–water partition coefficient (Wildman–Crippen LogP) is 15.0. The van der Waals surface area contributed by atoms with E-state index in [9.17, 15) is 14.4 Å². The van der Waals surface area contributed by atoms with Gasteiger partial charge < -0.3 is 14.2 Å². The number of carbonyl (C=O) groups is 3. The Morgan fingerprint density at radius 1 is 0.352 bits per heavy atom. The molecule has 0 aromatic rings. The van der Waals surface area contributed by atoms with Crippen LogP contribution in [0.25, 0.3) is 0 Å². The Morgan fingerprint density at radius 2 is 0.611 bits per heavy atom. The number of unbranched alkanes of at least 4 members (excludes halogenated alkanes) is 27. The van der Waals surface area contributed by atoms with Gasteiger partial charge in [0.15, 0.2) is 6.10 Å². The quantitative estimate of drug-likeness (QED) is 0.0350. The van der Waals surface area contributed by atoms with Crippen molar-refractivity contribution in [2.45, 2.75) is 265 Å². The monoisotopic (exact) mass is 765 g/mol. The highest BCUT2D eigenvalue weighted by molar-refractivity contribution is 5.71. The number of esters is 3. The molecule has 0 saturated heterocycles. The lowest BCUT2D eigenvalue weighted by molar-refractivity contribution is -0.167. The largest absolute Gasteiger partial charge is 0.462 e. The molecule has 6 heteroatoms. The third-order valence-electron chi connectivity index (χ3n) is 10.7. The van der Waals surface area contributed by atoms with E-state index in [2.05, 4.69) is 34.6 Å². The molecule has 0 N–H and O–H groups in total. The van der Waals surface area contributed by atoms with E-state index < -0.39 is 6.10 Å². The fourth-order valence-electron chi connectivity index (χ4n) is 7.11. The van der Waals surface area contributed by atoms with E-state index in [1.165, 1.54) is 141 Å². The highest BCUT2D eigenvalue weighted by atomic mass is 16.6. The summed E-state index contributed by atoms with van der Waals surface area (Å²) in [5.41, 5.74) is 0. The number of hydrogen-bond donors (Lipinski definition) is 0. The standard InChI is InChI=1S/C48H92O6/c1-6-7-8-26-33-38-46(49)52-41-45(54-48(51)40-35-30-25-21-17-13-15-19-23-28-32-37-44(4)5)42-53-47(50)39-34-29-24-20-16-12-10-9-11-14-18-22-27-31-36-43(2)3/h43-45H,6-42H2,1-5H3/t45-/m1/s1. The van der Waals surface area contributed by atoms with Crippen molar-refractivity contribution >= 4 is 17.9 Å². The molecule has 0 fully saturated rings. The van der Waals surface area contributed by atoms with Gasteiger partial charge in [0.05, 0.1) is 0 Å². The van der Waals surface area contributed by atoms with Gasteiger partial charge in [0, 0.05) is 19.3 Å². The average molecular weight is 765 g/mol. The maximum Gasteiger partial charge on any atom is 0.306 e. The Morgan fingerprint density at radius 3 is 0.907 bits per heavy atom. The van der Waals surface area contributed by atoms with Crippen LogP contribution in [-0.4, -0.2) is 37.2 Å². The van der Waals surface area contributed by atoms with Crippen molar-refractivity contribution in [3.05, 3.63) is 0 Å². The second-order valence-corrected chi connectivity index (χ2v) is 17.3. The van der Waals surface area contributed by atoms with E-state index >= 15 is 0 Å². The minimum absolute atomic E-state index is 0.0653. The molecule has 0 saturated carbocycles.